The van der Waals surface area contributed by atoms with Gasteiger partial charge in [0.1, 0.15) is 0 Å². The molecule has 0 aromatic carbocycles. The maximum Gasteiger partial charge on any atom is 0.0481 e. The quantitative estimate of drug-likeness (QED) is 0.890. The Kier molecular flexibility index (Phi) is 5.32. The van der Waals surface area contributed by atoms with E-state index >= 15 is 0 Å². The molecule has 2 aromatic rings. The Hall–Kier alpha value is -1.45. The molecule has 2 rings (SSSR count). The van der Waals surface area contributed by atoms with Crippen LogP contribution < -0.4 is 5.32 Å². The summed E-state index contributed by atoms with van der Waals surface area (Å²) in [4.78, 5) is 8.36. The topological polar surface area (TPSA) is 37.8 Å². The predicted molar refractivity (Wildman–Crippen MR) is 87.1 cm³/mol. The number of nitrogens with zero attached hydrogens (tertiary/aromatic N) is 2. The highest BCUT2D eigenvalue weighted by Gasteiger charge is 2.20. The lowest BCUT2D eigenvalue weighted by Crippen LogP contribution is -2.25. The van der Waals surface area contributed by atoms with Gasteiger partial charge in [-0.25, -0.2) is 0 Å². The summed E-state index contributed by atoms with van der Waals surface area (Å²) >= 11 is 6.19. The van der Waals surface area contributed by atoms with Crippen LogP contribution in [-0.2, 0) is 6.54 Å². The third kappa shape index (κ3) is 5.10. The third-order valence-electron chi connectivity index (χ3n) is 3.29. The van der Waals surface area contributed by atoms with E-state index in [4.69, 9.17) is 11.6 Å². The fraction of sp³-hybridized carbons (Fsp3) is 0.412. The number of nitrogens with one attached hydrogen (secondary N) is 1. The van der Waals surface area contributed by atoms with Crippen molar-refractivity contribution in [2.75, 3.05) is 0 Å². The summed E-state index contributed by atoms with van der Waals surface area (Å²) < 4.78 is 0. The molecule has 0 bridgehead atoms. The standard InChI is InChI=1S/C17H22ClN3/c1-17(2,3)9-16(13-5-4-7-19-10-13)21-12-14-11-20-8-6-15(14)18/h4-8,10-11,16,21H,9,12H2,1-3H3. The van der Waals surface area contributed by atoms with Crippen LogP contribution in [-0.4, -0.2) is 9.97 Å². The molecular weight excluding hydrogens is 282 g/mol. The van der Waals surface area contributed by atoms with E-state index in [9.17, 15) is 0 Å². The molecule has 3 nitrogen and oxygen atoms in total. The average molecular weight is 304 g/mol. The summed E-state index contributed by atoms with van der Waals surface area (Å²) in [5.74, 6) is 0. The molecule has 0 spiro atoms. The first kappa shape index (κ1) is 15.9. The highest BCUT2D eigenvalue weighted by atomic mass is 35.5. The van der Waals surface area contributed by atoms with Crippen LogP contribution in [0.15, 0.2) is 43.0 Å². The molecule has 0 saturated heterocycles. The monoisotopic (exact) mass is 303 g/mol. The van der Waals surface area contributed by atoms with E-state index in [0.717, 1.165) is 17.0 Å². The van der Waals surface area contributed by atoms with Gasteiger partial charge in [-0.1, -0.05) is 38.4 Å². The third-order valence-corrected chi connectivity index (χ3v) is 3.65. The van der Waals surface area contributed by atoms with Gasteiger partial charge in [0.15, 0.2) is 0 Å². The smallest absolute Gasteiger partial charge is 0.0481 e. The van der Waals surface area contributed by atoms with Crippen molar-refractivity contribution in [3.05, 3.63) is 59.1 Å². The second-order valence-corrected chi connectivity index (χ2v) is 6.86. The van der Waals surface area contributed by atoms with E-state index in [0.29, 0.717) is 6.54 Å². The van der Waals surface area contributed by atoms with Crippen LogP contribution in [0, 0.1) is 5.41 Å². The molecule has 21 heavy (non-hydrogen) atoms. The van der Waals surface area contributed by atoms with E-state index in [1.165, 1.54) is 5.56 Å². The minimum atomic E-state index is 0.228. The van der Waals surface area contributed by atoms with Gasteiger partial charge in [0.2, 0.25) is 0 Å². The largest absolute Gasteiger partial charge is 0.306 e. The number of halogens is 1. The zero-order valence-corrected chi connectivity index (χ0v) is 13.6. The van der Waals surface area contributed by atoms with Gasteiger partial charge < -0.3 is 5.32 Å². The zero-order chi connectivity index (χ0) is 15.3. The summed E-state index contributed by atoms with van der Waals surface area (Å²) in [7, 11) is 0. The van der Waals surface area contributed by atoms with Crippen molar-refractivity contribution in [1.29, 1.82) is 0 Å². The van der Waals surface area contributed by atoms with Crippen molar-refractivity contribution >= 4 is 11.6 Å². The highest BCUT2D eigenvalue weighted by molar-refractivity contribution is 6.31. The van der Waals surface area contributed by atoms with Crippen LogP contribution in [0.2, 0.25) is 5.02 Å². The first-order chi connectivity index (χ1) is 9.96. The first-order valence-electron chi connectivity index (χ1n) is 7.17. The Balaban J connectivity index is 2.11. The van der Waals surface area contributed by atoms with Gasteiger partial charge in [0, 0.05) is 48.0 Å². The van der Waals surface area contributed by atoms with Crippen LogP contribution in [0.5, 0.6) is 0 Å². The normalized spacial score (nSPS) is 13.1. The fourth-order valence-corrected chi connectivity index (χ4v) is 2.45. The molecule has 1 atom stereocenters. The molecule has 1 unspecified atom stereocenters. The molecule has 1 N–H and O–H groups in total. The van der Waals surface area contributed by atoms with E-state index in [1.54, 1.807) is 12.4 Å². The van der Waals surface area contributed by atoms with Gasteiger partial charge >= 0.3 is 0 Å². The van der Waals surface area contributed by atoms with Crippen LogP contribution in [0.3, 0.4) is 0 Å². The number of rotatable bonds is 5. The molecule has 0 aliphatic carbocycles. The van der Waals surface area contributed by atoms with Crippen LogP contribution in [0.25, 0.3) is 0 Å². The Morgan fingerprint density at radius 3 is 2.52 bits per heavy atom. The van der Waals surface area contributed by atoms with Gasteiger partial charge in [-0.05, 0) is 29.5 Å². The fourth-order valence-electron chi connectivity index (χ4n) is 2.28. The summed E-state index contributed by atoms with van der Waals surface area (Å²) in [6, 6.07) is 6.15. The van der Waals surface area contributed by atoms with Gasteiger partial charge in [-0.15, -0.1) is 0 Å². The minimum absolute atomic E-state index is 0.228. The average Bonchev–Trinajstić information content (AvgIpc) is 2.45. The van der Waals surface area contributed by atoms with Crippen LogP contribution in [0.4, 0.5) is 0 Å². The van der Waals surface area contributed by atoms with Crippen molar-refractivity contribution < 1.29 is 0 Å². The minimum Gasteiger partial charge on any atom is -0.306 e. The van der Waals surface area contributed by atoms with E-state index in [-0.39, 0.29) is 11.5 Å². The number of pyridine rings is 2. The second kappa shape index (κ2) is 7.01. The van der Waals surface area contributed by atoms with E-state index < -0.39 is 0 Å². The summed E-state index contributed by atoms with van der Waals surface area (Å²) in [6.45, 7) is 7.43. The number of aromatic nitrogens is 2. The Morgan fingerprint density at radius 2 is 1.90 bits per heavy atom. The first-order valence-corrected chi connectivity index (χ1v) is 7.55. The van der Waals surface area contributed by atoms with Crippen molar-refractivity contribution in [3.63, 3.8) is 0 Å². The Morgan fingerprint density at radius 1 is 1.14 bits per heavy atom. The number of hydrogen-bond acceptors (Lipinski definition) is 3. The van der Waals surface area contributed by atoms with Gasteiger partial charge in [0.05, 0.1) is 0 Å². The number of hydrogen-bond donors (Lipinski definition) is 1. The lowest BCUT2D eigenvalue weighted by molar-refractivity contribution is 0.310. The van der Waals surface area contributed by atoms with E-state index in [2.05, 4.69) is 42.1 Å². The zero-order valence-electron chi connectivity index (χ0n) is 12.8. The molecule has 112 valence electrons. The lowest BCUT2D eigenvalue weighted by Gasteiger charge is -2.27. The van der Waals surface area contributed by atoms with E-state index in [1.807, 2.05) is 24.5 Å². The molecule has 0 aliphatic heterocycles. The molecule has 2 heterocycles. The molecule has 4 heteroatoms. The molecule has 2 aromatic heterocycles. The van der Waals surface area contributed by atoms with Crippen molar-refractivity contribution in [3.8, 4) is 0 Å². The van der Waals surface area contributed by atoms with Crippen LogP contribution in [0.1, 0.15) is 44.4 Å². The van der Waals surface area contributed by atoms with Gasteiger partial charge in [-0.2, -0.15) is 0 Å². The molecule has 0 fully saturated rings. The highest BCUT2D eigenvalue weighted by Crippen LogP contribution is 2.29. The summed E-state index contributed by atoms with van der Waals surface area (Å²) in [5, 5.41) is 4.33. The van der Waals surface area contributed by atoms with Crippen molar-refractivity contribution in [2.24, 2.45) is 5.41 Å². The summed E-state index contributed by atoms with van der Waals surface area (Å²) in [5.41, 5.74) is 2.45. The van der Waals surface area contributed by atoms with Gasteiger partial charge in [-0.3, -0.25) is 9.97 Å². The second-order valence-electron chi connectivity index (χ2n) is 6.45. The maximum absolute atomic E-state index is 6.19. The predicted octanol–water partition coefficient (Wildman–Crippen LogP) is 4.40. The molecule has 0 aliphatic rings. The van der Waals surface area contributed by atoms with Crippen LogP contribution >= 0.6 is 11.6 Å². The Bertz CT molecular complexity index is 564. The van der Waals surface area contributed by atoms with Gasteiger partial charge in [0.25, 0.3) is 0 Å². The summed E-state index contributed by atoms with van der Waals surface area (Å²) in [6.07, 6.45) is 8.27. The van der Waals surface area contributed by atoms with Crippen molar-refractivity contribution in [1.82, 2.24) is 15.3 Å². The van der Waals surface area contributed by atoms with Crippen molar-refractivity contribution in [2.45, 2.75) is 39.8 Å². The molecule has 0 amide bonds. The molecule has 0 radical (unpaired) electrons. The molecule has 0 saturated carbocycles. The Labute approximate surface area is 131 Å². The molecular formula is C17H22ClN3. The lowest BCUT2D eigenvalue weighted by atomic mass is 9.86. The maximum atomic E-state index is 6.19. The SMILES string of the molecule is CC(C)(C)CC(NCc1cnccc1Cl)c1cccnc1.